The first-order valence-electron chi connectivity index (χ1n) is 14.4. The second-order valence-electron chi connectivity index (χ2n) is 10.7. The molecule has 0 atom stereocenters. The van der Waals surface area contributed by atoms with Crippen LogP contribution in [0.1, 0.15) is 0 Å². The molecule has 50 heavy (non-hydrogen) atoms. The number of hydrogen-bond donors (Lipinski definition) is 1. The van der Waals surface area contributed by atoms with Crippen molar-refractivity contribution < 1.29 is 89.8 Å². The van der Waals surface area contributed by atoms with E-state index in [1.807, 2.05) is 41.0 Å². The molecule has 11 nitrogen and oxygen atoms in total. The molecular formula is C35H24N4Na2O7S2. The minimum atomic E-state index is -4.96. The Morgan fingerprint density at radius 2 is 1.48 bits per heavy atom. The molecule has 0 spiro atoms. The largest absolute Gasteiger partial charge is 1.00 e. The van der Waals surface area contributed by atoms with Gasteiger partial charge in [-0.15, -0.1) is 11.4 Å². The van der Waals surface area contributed by atoms with E-state index in [0.29, 0.717) is 39.4 Å². The van der Waals surface area contributed by atoms with Gasteiger partial charge in [0.15, 0.2) is 0 Å². The molecule has 1 aliphatic carbocycles. The van der Waals surface area contributed by atoms with Crippen LogP contribution in [0.25, 0.3) is 44.2 Å². The molecule has 1 aliphatic heterocycles. The summed E-state index contributed by atoms with van der Waals surface area (Å²) in [5.74, 6) is 0.499. The predicted octanol–water partition coefficient (Wildman–Crippen LogP) is 1.02. The van der Waals surface area contributed by atoms with Crippen molar-refractivity contribution in [2.45, 2.75) is 9.79 Å². The van der Waals surface area contributed by atoms with Gasteiger partial charge in [-0.1, -0.05) is 66.7 Å². The van der Waals surface area contributed by atoms with E-state index in [-0.39, 0.29) is 86.8 Å². The molecule has 0 unspecified atom stereocenters. The van der Waals surface area contributed by atoms with E-state index in [0.717, 1.165) is 0 Å². The van der Waals surface area contributed by atoms with Gasteiger partial charge in [0.1, 0.15) is 20.8 Å². The Morgan fingerprint density at radius 1 is 0.800 bits per heavy atom. The quantitative estimate of drug-likeness (QED) is 0.110. The molecule has 0 aromatic heterocycles. The smallest absolute Gasteiger partial charge is 0.744 e. The topological polar surface area (TPSA) is 165 Å². The first-order chi connectivity index (χ1) is 23.0. The number of para-hydroxylation sites is 2. The van der Waals surface area contributed by atoms with Crippen molar-refractivity contribution in [1.82, 2.24) is 9.55 Å². The van der Waals surface area contributed by atoms with Gasteiger partial charge in [0.2, 0.25) is 0 Å². The van der Waals surface area contributed by atoms with E-state index in [2.05, 4.69) is 4.99 Å². The van der Waals surface area contributed by atoms with Crippen LogP contribution in [0.15, 0.2) is 136 Å². The van der Waals surface area contributed by atoms with Gasteiger partial charge in [0.25, 0.3) is 10.1 Å². The molecule has 1 heterocycles. The number of methoxy groups -OCH3 is 1. The zero-order valence-corrected chi connectivity index (χ0v) is 32.7. The minimum absolute atomic E-state index is 0. The van der Waals surface area contributed by atoms with E-state index in [1.165, 1.54) is 31.4 Å². The number of benzene rings is 6. The van der Waals surface area contributed by atoms with Gasteiger partial charge >= 0.3 is 59.1 Å². The summed E-state index contributed by atoms with van der Waals surface area (Å²) in [5.41, 5.74) is 3.06. The standard InChI is InChI=1S/C35H25N4O7S2.2Na/c1-46-25-15-8-12-23(18-25)37-28-19-30-27(21-33(28)48(43,44)45)38-35-26-16-9-17-32(47(40,41)42)34(26)29(36-22-10-4-2-5-11-22)20-31(35)39(30)24-13-6-3-7-14-24;;/h2-21H,1H3,(H,40,41,42)(H,43,44,45);;/q-1;2*+1/p-1. The van der Waals surface area contributed by atoms with Gasteiger partial charge in [-0.05, 0) is 53.9 Å². The SMILES string of the molecule is COc1cccc(N=c2cc3n(-c4ccccc4)c4cc([N-]c5ccccc5)c5c(S(=O)(=O)[O-])cccc5c4nc-3cc2S(=O)(=O)O)c1.[Na+].[Na+]. The van der Waals surface area contributed by atoms with Gasteiger partial charge < -0.3 is 19.2 Å². The second-order valence-corrected chi connectivity index (χ2v) is 13.5. The molecule has 5 aromatic rings. The van der Waals surface area contributed by atoms with Gasteiger partial charge in [-0.3, -0.25) is 4.55 Å². The normalized spacial score (nSPS) is 12.0. The summed E-state index contributed by atoms with van der Waals surface area (Å²) in [4.78, 5) is 8.41. The molecule has 0 amide bonds. The maximum absolute atomic E-state index is 12.7. The third kappa shape index (κ3) is 7.39. The van der Waals surface area contributed by atoms with Crippen molar-refractivity contribution in [1.29, 1.82) is 0 Å². The minimum Gasteiger partial charge on any atom is -0.744 e. The van der Waals surface area contributed by atoms with Crippen molar-refractivity contribution in [3.8, 4) is 22.8 Å². The van der Waals surface area contributed by atoms with E-state index in [1.54, 1.807) is 60.7 Å². The van der Waals surface area contributed by atoms with E-state index < -0.39 is 30.0 Å². The summed E-state index contributed by atoms with van der Waals surface area (Å²) >= 11 is 0. The Bertz CT molecular complexity index is 2640. The average Bonchev–Trinajstić information content (AvgIpc) is 3.07. The van der Waals surface area contributed by atoms with Crippen LogP contribution in [-0.2, 0) is 20.2 Å². The average molecular weight is 723 g/mol. The third-order valence-electron chi connectivity index (χ3n) is 7.69. The van der Waals surface area contributed by atoms with Crippen LogP contribution < -0.4 is 69.2 Å². The second kappa shape index (κ2) is 14.9. The predicted molar refractivity (Wildman–Crippen MR) is 180 cm³/mol. The number of ether oxygens (including phenoxy) is 1. The zero-order chi connectivity index (χ0) is 33.6. The summed E-state index contributed by atoms with van der Waals surface area (Å²) in [6, 6.07) is 33.4. The van der Waals surface area contributed by atoms with Gasteiger partial charge in [0.05, 0.1) is 45.5 Å². The molecule has 0 saturated carbocycles. The van der Waals surface area contributed by atoms with Crippen LogP contribution in [-0.4, -0.2) is 42.6 Å². The zero-order valence-electron chi connectivity index (χ0n) is 27.0. The monoisotopic (exact) mass is 722 g/mol. The van der Waals surface area contributed by atoms with E-state index >= 15 is 0 Å². The van der Waals surface area contributed by atoms with Crippen molar-refractivity contribution in [3.63, 3.8) is 0 Å². The van der Waals surface area contributed by atoms with E-state index in [9.17, 15) is 25.9 Å². The van der Waals surface area contributed by atoms with Crippen molar-refractivity contribution in [2.75, 3.05) is 7.11 Å². The fourth-order valence-corrected chi connectivity index (χ4v) is 7.00. The van der Waals surface area contributed by atoms with Crippen LogP contribution in [0, 0.1) is 0 Å². The summed E-state index contributed by atoms with van der Waals surface area (Å²) in [5, 5.41) is 5.06. The Hall–Kier alpha value is -3.60. The first kappa shape index (κ1) is 37.7. The first-order valence-corrected chi connectivity index (χ1v) is 17.3. The van der Waals surface area contributed by atoms with Gasteiger partial charge in [-0.25, -0.2) is 18.4 Å². The molecule has 0 bridgehead atoms. The molecule has 15 heteroatoms. The summed E-state index contributed by atoms with van der Waals surface area (Å²) in [6.07, 6.45) is 0. The molecular weight excluding hydrogens is 699 g/mol. The van der Waals surface area contributed by atoms with Crippen LogP contribution >= 0.6 is 0 Å². The molecule has 5 aromatic carbocycles. The van der Waals surface area contributed by atoms with Crippen LogP contribution in [0.5, 0.6) is 5.75 Å². The van der Waals surface area contributed by atoms with Crippen LogP contribution in [0.3, 0.4) is 0 Å². The number of nitrogens with zero attached hydrogens (tertiary/aromatic N) is 4. The summed E-state index contributed by atoms with van der Waals surface area (Å²) in [6.45, 7) is 0. The van der Waals surface area contributed by atoms with Crippen molar-refractivity contribution in [2.24, 2.45) is 4.99 Å². The maximum atomic E-state index is 12.7. The Kier molecular flexibility index (Phi) is 11.2. The fraction of sp³-hybridized carbons (Fsp3) is 0.0286. The third-order valence-corrected chi connectivity index (χ3v) is 9.46. The number of hydrogen-bond acceptors (Lipinski definition) is 8. The maximum Gasteiger partial charge on any atom is 1.00 e. The molecule has 1 N–H and O–H groups in total. The molecule has 0 fully saturated rings. The van der Waals surface area contributed by atoms with Crippen LogP contribution in [0.2, 0.25) is 0 Å². The van der Waals surface area contributed by atoms with Gasteiger partial charge in [0, 0.05) is 17.1 Å². The van der Waals surface area contributed by atoms with Crippen LogP contribution in [0.4, 0.5) is 17.1 Å². The van der Waals surface area contributed by atoms with E-state index in [4.69, 9.17) is 15.0 Å². The van der Waals surface area contributed by atoms with Crippen molar-refractivity contribution >= 4 is 59.1 Å². The number of aromatic nitrogens is 2. The number of rotatable bonds is 7. The Morgan fingerprint density at radius 3 is 2.14 bits per heavy atom. The summed E-state index contributed by atoms with van der Waals surface area (Å²) in [7, 11) is -8.28. The molecule has 240 valence electrons. The molecule has 7 rings (SSSR count). The molecule has 2 aliphatic rings. The Balaban J connectivity index is 0.00000243. The summed E-state index contributed by atoms with van der Waals surface area (Å²) < 4.78 is 80.5. The fourth-order valence-electron chi connectivity index (χ4n) is 5.66. The molecule has 0 radical (unpaired) electrons. The van der Waals surface area contributed by atoms with Gasteiger partial charge in [-0.2, -0.15) is 8.42 Å². The number of fused-ring (bicyclic) bond motifs is 4. The molecule has 0 saturated heterocycles. The van der Waals surface area contributed by atoms with Crippen molar-refractivity contribution in [3.05, 3.63) is 132 Å². The Labute approximate surface area is 332 Å².